The Bertz CT molecular complexity index is 591. The van der Waals surface area contributed by atoms with Gasteiger partial charge in [-0.1, -0.05) is 0 Å². The number of rotatable bonds is 4. The first kappa shape index (κ1) is 12.7. The van der Waals surface area contributed by atoms with E-state index in [0.29, 0.717) is 5.69 Å². The normalized spacial score (nSPS) is 10.6. The maximum absolute atomic E-state index is 10.5. The van der Waals surface area contributed by atoms with Gasteiger partial charge in [0.25, 0.3) is 5.69 Å². The van der Waals surface area contributed by atoms with Crippen LogP contribution in [0, 0.1) is 10.1 Å². The smallest absolute Gasteiger partial charge is 0.269 e. The molecule has 19 heavy (non-hydrogen) atoms. The van der Waals surface area contributed by atoms with Crippen LogP contribution in [-0.4, -0.2) is 12.0 Å². The Morgan fingerprint density at radius 2 is 1.42 bits per heavy atom. The molecule has 0 bridgehead atoms. The Morgan fingerprint density at radius 1 is 0.947 bits per heavy atom. The molecule has 0 atom stereocenters. The molecule has 2 aromatic carbocycles. The van der Waals surface area contributed by atoms with Crippen LogP contribution in [0.2, 0.25) is 0 Å². The summed E-state index contributed by atoms with van der Waals surface area (Å²) in [6.07, 6.45) is 0. The Kier molecular flexibility index (Phi) is 3.82. The van der Waals surface area contributed by atoms with E-state index < -0.39 is 4.92 Å². The number of nitro groups is 1. The molecular formula is C13H12N4O2. The second-order valence-electron chi connectivity index (χ2n) is 3.77. The molecule has 96 valence electrons. The van der Waals surface area contributed by atoms with Crippen molar-refractivity contribution in [1.29, 1.82) is 0 Å². The Morgan fingerprint density at radius 3 is 1.84 bits per heavy atom. The van der Waals surface area contributed by atoms with Gasteiger partial charge in [0, 0.05) is 24.9 Å². The van der Waals surface area contributed by atoms with Crippen molar-refractivity contribution in [2.24, 2.45) is 10.2 Å². The van der Waals surface area contributed by atoms with Gasteiger partial charge in [-0.3, -0.25) is 10.1 Å². The minimum absolute atomic E-state index is 0.0392. The van der Waals surface area contributed by atoms with E-state index in [2.05, 4.69) is 15.5 Å². The Labute approximate surface area is 110 Å². The largest absolute Gasteiger partial charge is 0.388 e. The van der Waals surface area contributed by atoms with E-state index in [1.165, 1.54) is 12.1 Å². The van der Waals surface area contributed by atoms with Crippen LogP contribution in [0.15, 0.2) is 58.8 Å². The molecule has 0 aliphatic heterocycles. The third kappa shape index (κ3) is 3.35. The monoisotopic (exact) mass is 256 g/mol. The first-order valence-corrected chi connectivity index (χ1v) is 5.63. The van der Waals surface area contributed by atoms with Gasteiger partial charge in [0.1, 0.15) is 0 Å². The number of hydrogen-bond acceptors (Lipinski definition) is 5. The van der Waals surface area contributed by atoms with Crippen molar-refractivity contribution >= 4 is 22.7 Å². The van der Waals surface area contributed by atoms with Crippen LogP contribution in [0.25, 0.3) is 0 Å². The molecule has 6 heteroatoms. The second kappa shape index (κ2) is 5.72. The van der Waals surface area contributed by atoms with Crippen LogP contribution in [0.5, 0.6) is 0 Å². The van der Waals surface area contributed by atoms with Gasteiger partial charge < -0.3 is 5.32 Å². The van der Waals surface area contributed by atoms with E-state index in [9.17, 15) is 10.1 Å². The fourth-order valence-corrected chi connectivity index (χ4v) is 1.45. The maximum Gasteiger partial charge on any atom is 0.269 e. The second-order valence-corrected chi connectivity index (χ2v) is 3.77. The SMILES string of the molecule is CNc1ccc(/N=N/c2ccc([N+](=O)[O-])cc2)cc1. The lowest BCUT2D eigenvalue weighted by molar-refractivity contribution is -0.384. The first-order valence-electron chi connectivity index (χ1n) is 5.63. The van der Waals surface area contributed by atoms with E-state index in [1.54, 1.807) is 12.1 Å². The molecule has 0 saturated carbocycles. The summed E-state index contributed by atoms with van der Waals surface area (Å²) in [5.74, 6) is 0. The van der Waals surface area contributed by atoms with Gasteiger partial charge in [0.15, 0.2) is 0 Å². The molecule has 0 unspecified atom stereocenters. The van der Waals surface area contributed by atoms with Crippen LogP contribution >= 0.6 is 0 Å². The zero-order valence-electron chi connectivity index (χ0n) is 10.3. The van der Waals surface area contributed by atoms with E-state index in [4.69, 9.17) is 0 Å². The van der Waals surface area contributed by atoms with Crippen molar-refractivity contribution in [1.82, 2.24) is 0 Å². The van der Waals surface area contributed by atoms with E-state index >= 15 is 0 Å². The lowest BCUT2D eigenvalue weighted by Gasteiger charge is -1.98. The first-order chi connectivity index (χ1) is 9.19. The van der Waals surface area contributed by atoms with Gasteiger partial charge in [0.2, 0.25) is 0 Å². The van der Waals surface area contributed by atoms with Crippen molar-refractivity contribution in [3.63, 3.8) is 0 Å². The van der Waals surface area contributed by atoms with Crippen molar-refractivity contribution < 1.29 is 4.92 Å². The fraction of sp³-hybridized carbons (Fsp3) is 0.0769. The lowest BCUT2D eigenvalue weighted by Crippen LogP contribution is -1.85. The van der Waals surface area contributed by atoms with Gasteiger partial charge >= 0.3 is 0 Å². The quantitative estimate of drug-likeness (QED) is 0.509. The standard InChI is InChI=1S/C13H12N4O2/c1-14-10-2-4-11(5-3-10)15-16-12-6-8-13(9-7-12)17(18)19/h2-9,14H,1H3/b16-15+. The summed E-state index contributed by atoms with van der Waals surface area (Å²) in [5, 5.41) is 21.6. The molecule has 0 heterocycles. The van der Waals surface area contributed by atoms with Gasteiger partial charge in [-0.15, -0.1) is 0 Å². The maximum atomic E-state index is 10.5. The Balaban J connectivity index is 2.10. The summed E-state index contributed by atoms with van der Waals surface area (Å²) < 4.78 is 0. The number of hydrogen-bond donors (Lipinski definition) is 1. The highest BCUT2D eigenvalue weighted by Gasteiger charge is 2.02. The van der Waals surface area contributed by atoms with Crippen molar-refractivity contribution in [2.45, 2.75) is 0 Å². The van der Waals surface area contributed by atoms with Crippen LogP contribution in [0.1, 0.15) is 0 Å². The van der Waals surface area contributed by atoms with E-state index in [-0.39, 0.29) is 5.69 Å². The topological polar surface area (TPSA) is 79.9 Å². The third-order valence-electron chi connectivity index (χ3n) is 2.50. The van der Waals surface area contributed by atoms with E-state index in [1.807, 2.05) is 31.3 Å². The molecule has 0 spiro atoms. The highest BCUT2D eigenvalue weighted by Crippen LogP contribution is 2.22. The molecule has 2 aromatic rings. The number of non-ortho nitro benzene ring substituents is 1. The number of nitro benzene ring substituents is 1. The predicted molar refractivity (Wildman–Crippen MR) is 73.3 cm³/mol. The molecule has 0 radical (unpaired) electrons. The molecule has 0 aliphatic rings. The molecule has 2 rings (SSSR count). The molecule has 0 amide bonds. The molecule has 0 aromatic heterocycles. The van der Waals surface area contributed by atoms with Gasteiger partial charge in [-0.25, -0.2) is 0 Å². The molecular weight excluding hydrogens is 244 g/mol. The number of nitrogens with one attached hydrogen (secondary N) is 1. The minimum Gasteiger partial charge on any atom is -0.388 e. The number of anilines is 1. The molecule has 1 N–H and O–H groups in total. The summed E-state index contributed by atoms with van der Waals surface area (Å²) >= 11 is 0. The van der Waals surface area contributed by atoms with Crippen LogP contribution in [-0.2, 0) is 0 Å². The summed E-state index contributed by atoms with van der Waals surface area (Å²) in [4.78, 5) is 10.1. The van der Waals surface area contributed by atoms with Crippen LogP contribution in [0.4, 0.5) is 22.7 Å². The van der Waals surface area contributed by atoms with Crippen LogP contribution < -0.4 is 5.32 Å². The third-order valence-corrected chi connectivity index (χ3v) is 2.50. The van der Waals surface area contributed by atoms with Crippen molar-refractivity contribution in [3.05, 3.63) is 58.6 Å². The highest BCUT2D eigenvalue weighted by atomic mass is 16.6. The number of benzene rings is 2. The van der Waals surface area contributed by atoms with E-state index in [0.717, 1.165) is 11.4 Å². The van der Waals surface area contributed by atoms with Crippen LogP contribution in [0.3, 0.4) is 0 Å². The molecule has 0 saturated heterocycles. The van der Waals surface area contributed by atoms with Crippen molar-refractivity contribution in [2.75, 3.05) is 12.4 Å². The van der Waals surface area contributed by atoms with Gasteiger partial charge in [-0.05, 0) is 36.4 Å². The zero-order valence-corrected chi connectivity index (χ0v) is 10.3. The minimum atomic E-state index is -0.447. The Hall–Kier alpha value is -2.76. The number of nitrogens with zero attached hydrogens (tertiary/aromatic N) is 3. The van der Waals surface area contributed by atoms with Gasteiger partial charge in [-0.2, -0.15) is 10.2 Å². The average Bonchev–Trinajstić information content (AvgIpc) is 2.46. The number of azo groups is 1. The molecule has 0 aliphatic carbocycles. The summed E-state index contributed by atoms with van der Waals surface area (Å²) in [6, 6.07) is 13.4. The molecule has 0 fully saturated rings. The fourth-order valence-electron chi connectivity index (χ4n) is 1.45. The molecule has 6 nitrogen and oxygen atoms in total. The summed E-state index contributed by atoms with van der Waals surface area (Å²) in [7, 11) is 1.84. The van der Waals surface area contributed by atoms with Crippen molar-refractivity contribution in [3.8, 4) is 0 Å². The summed E-state index contributed by atoms with van der Waals surface area (Å²) in [5.41, 5.74) is 2.33. The van der Waals surface area contributed by atoms with Gasteiger partial charge in [0.05, 0.1) is 16.3 Å². The zero-order chi connectivity index (χ0) is 13.7. The summed E-state index contributed by atoms with van der Waals surface area (Å²) in [6.45, 7) is 0. The average molecular weight is 256 g/mol. The lowest BCUT2D eigenvalue weighted by atomic mass is 10.3. The predicted octanol–water partition coefficient (Wildman–Crippen LogP) is 4.05. The highest BCUT2D eigenvalue weighted by molar-refractivity contribution is 5.51.